The summed E-state index contributed by atoms with van der Waals surface area (Å²) in [5.74, 6) is 0.694. The molecule has 0 saturated heterocycles. The van der Waals surface area contributed by atoms with Gasteiger partial charge in [-0.05, 0) is 35.4 Å². The molecule has 3 nitrogen and oxygen atoms in total. The van der Waals surface area contributed by atoms with Crippen molar-refractivity contribution < 1.29 is 4.79 Å². The Kier molecular flexibility index (Phi) is 4.81. The fraction of sp³-hybridized carbons (Fsp3) is 0.588. The SMILES string of the molecule is CCC(N)c1ccc2c(c1)CN(C(=O)CC(C)C)CC2. The van der Waals surface area contributed by atoms with E-state index >= 15 is 0 Å². The molecular formula is C17H26N2O. The van der Waals surface area contributed by atoms with Gasteiger partial charge in [-0.3, -0.25) is 4.79 Å². The van der Waals surface area contributed by atoms with E-state index in [-0.39, 0.29) is 11.9 Å². The van der Waals surface area contributed by atoms with Crippen molar-refractivity contribution in [3.05, 3.63) is 34.9 Å². The largest absolute Gasteiger partial charge is 0.338 e. The van der Waals surface area contributed by atoms with Crippen molar-refractivity contribution in [2.75, 3.05) is 6.54 Å². The van der Waals surface area contributed by atoms with E-state index in [9.17, 15) is 4.79 Å². The number of hydrogen-bond donors (Lipinski definition) is 1. The number of benzene rings is 1. The van der Waals surface area contributed by atoms with Crippen LogP contribution in [0.4, 0.5) is 0 Å². The standard InChI is InChI=1S/C17H26N2O/c1-4-16(18)14-6-5-13-7-8-19(11-15(13)10-14)17(20)9-12(2)3/h5-6,10,12,16H,4,7-9,11,18H2,1-3H3. The summed E-state index contributed by atoms with van der Waals surface area (Å²) in [5.41, 5.74) is 9.93. The van der Waals surface area contributed by atoms with Crippen LogP contribution in [-0.2, 0) is 17.8 Å². The van der Waals surface area contributed by atoms with Crippen LogP contribution in [0.25, 0.3) is 0 Å². The molecule has 0 spiro atoms. The fourth-order valence-electron chi connectivity index (χ4n) is 2.73. The number of nitrogens with two attached hydrogens (primary N) is 1. The second-order valence-electron chi connectivity index (χ2n) is 6.21. The molecule has 1 atom stereocenters. The van der Waals surface area contributed by atoms with Crippen LogP contribution in [0, 0.1) is 5.92 Å². The Morgan fingerprint density at radius 2 is 2.10 bits per heavy atom. The molecule has 1 unspecified atom stereocenters. The zero-order chi connectivity index (χ0) is 14.7. The second-order valence-corrected chi connectivity index (χ2v) is 6.21. The summed E-state index contributed by atoms with van der Waals surface area (Å²) >= 11 is 0. The fourth-order valence-corrected chi connectivity index (χ4v) is 2.73. The molecule has 110 valence electrons. The van der Waals surface area contributed by atoms with Gasteiger partial charge < -0.3 is 10.6 Å². The smallest absolute Gasteiger partial charge is 0.223 e. The Morgan fingerprint density at radius 3 is 2.75 bits per heavy atom. The Morgan fingerprint density at radius 1 is 1.35 bits per heavy atom. The first-order valence-corrected chi connectivity index (χ1v) is 7.66. The van der Waals surface area contributed by atoms with Crippen molar-refractivity contribution >= 4 is 5.91 Å². The zero-order valence-corrected chi connectivity index (χ0v) is 12.9. The molecular weight excluding hydrogens is 248 g/mol. The summed E-state index contributed by atoms with van der Waals surface area (Å²) in [5, 5.41) is 0. The first-order chi connectivity index (χ1) is 9.51. The Labute approximate surface area is 122 Å². The van der Waals surface area contributed by atoms with E-state index in [4.69, 9.17) is 5.73 Å². The molecule has 0 aromatic heterocycles. The minimum Gasteiger partial charge on any atom is -0.338 e. The minimum atomic E-state index is 0.0991. The molecule has 1 heterocycles. The highest BCUT2D eigenvalue weighted by atomic mass is 16.2. The highest BCUT2D eigenvalue weighted by Gasteiger charge is 2.21. The molecule has 0 aliphatic carbocycles. The van der Waals surface area contributed by atoms with Gasteiger partial charge >= 0.3 is 0 Å². The van der Waals surface area contributed by atoms with Gasteiger partial charge in [-0.1, -0.05) is 39.0 Å². The number of rotatable bonds is 4. The predicted octanol–water partition coefficient (Wildman–Crippen LogP) is 3.03. The topological polar surface area (TPSA) is 46.3 Å². The van der Waals surface area contributed by atoms with Crippen LogP contribution in [0.1, 0.15) is 56.3 Å². The maximum absolute atomic E-state index is 12.2. The Bertz CT molecular complexity index is 482. The van der Waals surface area contributed by atoms with E-state index in [0.717, 1.165) is 25.9 Å². The monoisotopic (exact) mass is 274 g/mol. The molecule has 3 heteroatoms. The summed E-state index contributed by atoms with van der Waals surface area (Å²) in [6.07, 6.45) is 2.54. The lowest BCUT2D eigenvalue weighted by atomic mass is 9.94. The summed E-state index contributed by atoms with van der Waals surface area (Å²) in [7, 11) is 0. The van der Waals surface area contributed by atoms with Crippen molar-refractivity contribution in [1.29, 1.82) is 0 Å². The summed E-state index contributed by atoms with van der Waals surface area (Å²) in [6.45, 7) is 7.87. The third-order valence-electron chi connectivity index (χ3n) is 4.05. The number of carbonyl (C=O) groups excluding carboxylic acids is 1. The molecule has 1 aromatic rings. The molecule has 2 N–H and O–H groups in total. The molecule has 1 aliphatic heterocycles. The molecule has 0 saturated carbocycles. The Balaban J connectivity index is 2.13. The summed E-state index contributed by atoms with van der Waals surface area (Å²) in [4.78, 5) is 14.2. The highest BCUT2D eigenvalue weighted by molar-refractivity contribution is 5.76. The maximum atomic E-state index is 12.2. The number of nitrogens with zero attached hydrogens (tertiary/aromatic N) is 1. The van der Waals surface area contributed by atoms with Gasteiger partial charge in [0.25, 0.3) is 0 Å². The van der Waals surface area contributed by atoms with Gasteiger partial charge in [-0.2, -0.15) is 0 Å². The van der Waals surface area contributed by atoms with Crippen molar-refractivity contribution in [3.8, 4) is 0 Å². The number of fused-ring (bicyclic) bond motifs is 1. The molecule has 1 amide bonds. The highest BCUT2D eigenvalue weighted by Crippen LogP contribution is 2.24. The van der Waals surface area contributed by atoms with E-state index in [2.05, 4.69) is 39.0 Å². The van der Waals surface area contributed by atoms with E-state index in [1.165, 1.54) is 16.7 Å². The Hall–Kier alpha value is -1.35. The van der Waals surface area contributed by atoms with Crippen LogP contribution in [0.5, 0.6) is 0 Å². The number of amides is 1. The van der Waals surface area contributed by atoms with Gasteiger partial charge in [0.15, 0.2) is 0 Å². The summed E-state index contributed by atoms with van der Waals surface area (Å²) in [6, 6.07) is 6.61. The molecule has 0 fully saturated rings. The lowest BCUT2D eigenvalue weighted by Crippen LogP contribution is -2.36. The van der Waals surface area contributed by atoms with Crippen LogP contribution >= 0.6 is 0 Å². The minimum absolute atomic E-state index is 0.0991. The van der Waals surface area contributed by atoms with Crippen molar-refractivity contribution in [2.45, 2.75) is 52.6 Å². The van der Waals surface area contributed by atoms with Crippen molar-refractivity contribution in [2.24, 2.45) is 11.7 Å². The van der Waals surface area contributed by atoms with Crippen LogP contribution in [0.15, 0.2) is 18.2 Å². The van der Waals surface area contributed by atoms with Gasteiger partial charge in [-0.15, -0.1) is 0 Å². The van der Waals surface area contributed by atoms with E-state index in [0.29, 0.717) is 12.3 Å². The summed E-state index contributed by atoms with van der Waals surface area (Å²) < 4.78 is 0. The van der Waals surface area contributed by atoms with Crippen LogP contribution in [0.3, 0.4) is 0 Å². The van der Waals surface area contributed by atoms with Gasteiger partial charge in [0.05, 0.1) is 0 Å². The lowest BCUT2D eigenvalue weighted by Gasteiger charge is -2.30. The normalized spacial score (nSPS) is 16.1. The second kappa shape index (κ2) is 6.40. The quantitative estimate of drug-likeness (QED) is 0.917. The number of hydrogen-bond acceptors (Lipinski definition) is 2. The van der Waals surface area contributed by atoms with Gasteiger partial charge in [0.1, 0.15) is 0 Å². The van der Waals surface area contributed by atoms with Gasteiger partial charge in [0, 0.05) is 25.6 Å². The van der Waals surface area contributed by atoms with E-state index in [1.807, 2.05) is 4.90 Å². The van der Waals surface area contributed by atoms with Gasteiger partial charge in [0.2, 0.25) is 5.91 Å². The first kappa shape index (κ1) is 15.0. The van der Waals surface area contributed by atoms with Crippen molar-refractivity contribution in [3.63, 3.8) is 0 Å². The van der Waals surface area contributed by atoms with Crippen LogP contribution < -0.4 is 5.73 Å². The number of carbonyl (C=O) groups is 1. The van der Waals surface area contributed by atoms with Crippen LogP contribution in [0.2, 0.25) is 0 Å². The maximum Gasteiger partial charge on any atom is 0.223 e. The van der Waals surface area contributed by atoms with E-state index < -0.39 is 0 Å². The first-order valence-electron chi connectivity index (χ1n) is 7.66. The predicted molar refractivity (Wildman–Crippen MR) is 82.2 cm³/mol. The third kappa shape index (κ3) is 3.40. The molecule has 0 bridgehead atoms. The average Bonchev–Trinajstić information content (AvgIpc) is 2.44. The zero-order valence-electron chi connectivity index (χ0n) is 12.9. The lowest BCUT2D eigenvalue weighted by molar-refractivity contribution is -0.132. The molecule has 0 radical (unpaired) electrons. The molecule has 1 aliphatic rings. The average molecular weight is 274 g/mol. The van der Waals surface area contributed by atoms with Crippen LogP contribution in [-0.4, -0.2) is 17.4 Å². The molecule has 20 heavy (non-hydrogen) atoms. The van der Waals surface area contributed by atoms with Gasteiger partial charge in [-0.25, -0.2) is 0 Å². The van der Waals surface area contributed by atoms with Crippen molar-refractivity contribution in [1.82, 2.24) is 4.90 Å². The third-order valence-corrected chi connectivity index (χ3v) is 4.05. The van der Waals surface area contributed by atoms with E-state index in [1.54, 1.807) is 0 Å². The molecule has 2 rings (SSSR count). The molecule has 1 aromatic carbocycles.